The summed E-state index contributed by atoms with van der Waals surface area (Å²) in [6, 6.07) is 8.84. The van der Waals surface area contributed by atoms with E-state index in [1.54, 1.807) is 12.1 Å². The third-order valence-electron chi connectivity index (χ3n) is 3.62. The molecule has 0 spiro atoms. The van der Waals surface area contributed by atoms with Gasteiger partial charge in [-0.15, -0.1) is 0 Å². The van der Waals surface area contributed by atoms with Crippen LogP contribution in [-0.2, 0) is 24.2 Å². The average Bonchev–Trinajstić information content (AvgIpc) is 2.55. The van der Waals surface area contributed by atoms with Gasteiger partial charge in [0.15, 0.2) is 0 Å². The SMILES string of the molecule is CCc1cc(F)ccc1OCc1c(F)cccc1CC(=O)NC. The van der Waals surface area contributed by atoms with Crippen LogP contribution in [0.2, 0.25) is 0 Å². The Morgan fingerprint density at radius 2 is 1.96 bits per heavy atom. The molecule has 0 aromatic heterocycles. The van der Waals surface area contributed by atoms with Gasteiger partial charge >= 0.3 is 0 Å². The Kier molecular flexibility index (Phi) is 5.68. The highest BCUT2D eigenvalue weighted by molar-refractivity contribution is 5.78. The van der Waals surface area contributed by atoms with E-state index in [1.165, 1.54) is 31.3 Å². The van der Waals surface area contributed by atoms with Crippen LogP contribution in [0, 0.1) is 11.6 Å². The van der Waals surface area contributed by atoms with Crippen LogP contribution < -0.4 is 10.1 Å². The summed E-state index contributed by atoms with van der Waals surface area (Å²) in [5, 5.41) is 2.51. The molecule has 0 fully saturated rings. The van der Waals surface area contributed by atoms with Crippen molar-refractivity contribution < 1.29 is 18.3 Å². The molecule has 2 rings (SSSR count). The van der Waals surface area contributed by atoms with Crippen LogP contribution in [-0.4, -0.2) is 13.0 Å². The molecule has 0 saturated heterocycles. The molecule has 2 aromatic carbocycles. The lowest BCUT2D eigenvalue weighted by Gasteiger charge is -2.14. The Morgan fingerprint density at radius 1 is 1.17 bits per heavy atom. The molecule has 0 bridgehead atoms. The summed E-state index contributed by atoms with van der Waals surface area (Å²) < 4.78 is 33.0. The van der Waals surface area contributed by atoms with Crippen LogP contribution in [0.1, 0.15) is 23.6 Å². The number of amides is 1. The van der Waals surface area contributed by atoms with Crippen molar-refractivity contribution in [3.05, 3.63) is 64.7 Å². The zero-order valence-corrected chi connectivity index (χ0v) is 13.2. The maximum atomic E-state index is 14.1. The van der Waals surface area contributed by atoms with Gasteiger partial charge in [-0.3, -0.25) is 4.79 Å². The lowest BCUT2D eigenvalue weighted by Crippen LogP contribution is -2.21. The molecule has 5 heteroatoms. The Balaban J connectivity index is 2.22. The number of carbonyl (C=O) groups is 1. The van der Waals surface area contributed by atoms with Crippen LogP contribution in [0.3, 0.4) is 0 Å². The van der Waals surface area contributed by atoms with Crippen LogP contribution in [0.15, 0.2) is 36.4 Å². The number of halogens is 2. The molecule has 0 unspecified atom stereocenters. The van der Waals surface area contributed by atoms with Crippen molar-refractivity contribution in [3.63, 3.8) is 0 Å². The van der Waals surface area contributed by atoms with Gasteiger partial charge in [-0.05, 0) is 41.8 Å². The summed E-state index contributed by atoms with van der Waals surface area (Å²) in [5.41, 5.74) is 1.63. The van der Waals surface area contributed by atoms with Gasteiger partial charge in [0.2, 0.25) is 5.91 Å². The van der Waals surface area contributed by atoms with Crippen molar-refractivity contribution in [1.29, 1.82) is 0 Å². The molecule has 122 valence electrons. The summed E-state index contributed by atoms with van der Waals surface area (Å²) in [5.74, 6) is -0.442. The summed E-state index contributed by atoms with van der Waals surface area (Å²) in [6.45, 7) is 1.87. The van der Waals surface area contributed by atoms with Crippen molar-refractivity contribution >= 4 is 5.91 Å². The number of ether oxygens (including phenoxy) is 1. The molecule has 3 nitrogen and oxygen atoms in total. The van der Waals surface area contributed by atoms with Gasteiger partial charge in [0.05, 0.1) is 6.42 Å². The number of aryl methyl sites for hydroxylation is 1. The molecule has 1 N–H and O–H groups in total. The van der Waals surface area contributed by atoms with E-state index >= 15 is 0 Å². The highest BCUT2D eigenvalue weighted by Crippen LogP contribution is 2.23. The van der Waals surface area contributed by atoms with E-state index in [0.29, 0.717) is 28.9 Å². The second kappa shape index (κ2) is 7.72. The Hall–Kier alpha value is -2.43. The molecule has 0 aliphatic heterocycles. The molecule has 2 aromatic rings. The van der Waals surface area contributed by atoms with E-state index in [-0.39, 0.29) is 24.8 Å². The van der Waals surface area contributed by atoms with E-state index in [9.17, 15) is 13.6 Å². The Bertz CT molecular complexity index is 701. The first-order valence-electron chi connectivity index (χ1n) is 7.43. The van der Waals surface area contributed by atoms with Crippen molar-refractivity contribution in [1.82, 2.24) is 5.32 Å². The van der Waals surface area contributed by atoms with Gasteiger partial charge in [-0.25, -0.2) is 8.78 Å². The monoisotopic (exact) mass is 319 g/mol. The molecule has 0 heterocycles. The van der Waals surface area contributed by atoms with Gasteiger partial charge in [-0.2, -0.15) is 0 Å². The van der Waals surface area contributed by atoms with E-state index in [0.717, 1.165) is 0 Å². The average molecular weight is 319 g/mol. The van der Waals surface area contributed by atoms with Gasteiger partial charge in [0.1, 0.15) is 24.0 Å². The number of rotatable bonds is 6. The highest BCUT2D eigenvalue weighted by Gasteiger charge is 2.13. The van der Waals surface area contributed by atoms with Crippen molar-refractivity contribution in [3.8, 4) is 5.75 Å². The van der Waals surface area contributed by atoms with Crippen LogP contribution in [0.5, 0.6) is 5.75 Å². The third kappa shape index (κ3) is 4.28. The van der Waals surface area contributed by atoms with Crippen LogP contribution in [0.4, 0.5) is 8.78 Å². The largest absolute Gasteiger partial charge is 0.489 e. The smallest absolute Gasteiger partial charge is 0.224 e. The predicted octanol–water partition coefficient (Wildman–Crippen LogP) is 3.39. The van der Waals surface area contributed by atoms with E-state index in [2.05, 4.69) is 5.32 Å². The molecule has 0 saturated carbocycles. The number of nitrogens with one attached hydrogen (secondary N) is 1. The first kappa shape index (κ1) is 16.9. The van der Waals surface area contributed by atoms with E-state index in [1.807, 2.05) is 6.92 Å². The van der Waals surface area contributed by atoms with E-state index < -0.39 is 5.82 Å². The first-order valence-corrected chi connectivity index (χ1v) is 7.43. The molecule has 0 radical (unpaired) electrons. The normalized spacial score (nSPS) is 10.4. The van der Waals surface area contributed by atoms with Gasteiger partial charge < -0.3 is 10.1 Å². The maximum absolute atomic E-state index is 14.1. The fraction of sp³-hybridized carbons (Fsp3) is 0.278. The summed E-state index contributed by atoms with van der Waals surface area (Å²) in [6.07, 6.45) is 0.687. The van der Waals surface area contributed by atoms with Crippen molar-refractivity contribution in [2.24, 2.45) is 0 Å². The molecular formula is C18H19F2NO2. The Morgan fingerprint density at radius 3 is 2.65 bits per heavy atom. The van der Waals surface area contributed by atoms with Gasteiger partial charge in [0.25, 0.3) is 0 Å². The molecule has 1 amide bonds. The minimum Gasteiger partial charge on any atom is -0.489 e. The van der Waals surface area contributed by atoms with Crippen molar-refractivity contribution in [2.45, 2.75) is 26.4 Å². The molecule has 0 atom stereocenters. The second-order valence-electron chi connectivity index (χ2n) is 5.12. The third-order valence-corrected chi connectivity index (χ3v) is 3.62. The second-order valence-corrected chi connectivity index (χ2v) is 5.12. The molecule has 0 aliphatic carbocycles. The number of likely N-dealkylation sites (N-methyl/N-ethyl adjacent to an activating group) is 1. The van der Waals surface area contributed by atoms with Gasteiger partial charge in [0, 0.05) is 12.6 Å². The summed E-state index contributed by atoms with van der Waals surface area (Å²) >= 11 is 0. The minimum atomic E-state index is -0.424. The standard InChI is InChI=1S/C18H19F2NO2/c1-3-12-9-14(19)7-8-17(12)23-11-15-13(10-18(22)21-2)5-4-6-16(15)20/h4-9H,3,10-11H2,1-2H3,(H,21,22). The number of hydrogen-bond acceptors (Lipinski definition) is 2. The molecule has 23 heavy (non-hydrogen) atoms. The van der Waals surface area contributed by atoms with Crippen molar-refractivity contribution in [2.75, 3.05) is 7.05 Å². The fourth-order valence-electron chi connectivity index (χ4n) is 2.31. The number of benzene rings is 2. The lowest BCUT2D eigenvalue weighted by molar-refractivity contribution is -0.119. The predicted molar refractivity (Wildman–Crippen MR) is 84.3 cm³/mol. The zero-order chi connectivity index (χ0) is 16.8. The van der Waals surface area contributed by atoms with Crippen LogP contribution in [0.25, 0.3) is 0 Å². The number of hydrogen-bond donors (Lipinski definition) is 1. The quantitative estimate of drug-likeness (QED) is 0.886. The maximum Gasteiger partial charge on any atom is 0.224 e. The minimum absolute atomic E-state index is 0.0162. The van der Waals surface area contributed by atoms with Crippen LogP contribution >= 0.6 is 0 Å². The van der Waals surface area contributed by atoms with E-state index in [4.69, 9.17) is 4.74 Å². The first-order chi connectivity index (χ1) is 11.0. The fourth-order valence-corrected chi connectivity index (χ4v) is 2.31. The lowest BCUT2D eigenvalue weighted by atomic mass is 10.0. The topological polar surface area (TPSA) is 38.3 Å². The highest BCUT2D eigenvalue weighted by atomic mass is 19.1. The molecule has 0 aliphatic rings. The zero-order valence-electron chi connectivity index (χ0n) is 13.2. The summed E-state index contributed by atoms with van der Waals surface area (Å²) in [7, 11) is 1.53. The summed E-state index contributed by atoms with van der Waals surface area (Å²) in [4.78, 5) is 11.5. The molecular weight excluding hydrogens is 300 g/mol. The van der Waals surface area contributed by atoms with Gasteiger partial charge in [-0.1, -0.05) is 19.1 Å². The number of carbonyl (C=O) groups excluding carboxylic acids is 1. The Labute approximate surface area is 134 Å².